The molecule has 2 heterocycles. The molecule has 104 valence electrons. The molecule has 1 aromatic carbocycles. The van der Waals surface area contributed by atoms with Gasteiger partial charge in [-0.15, -0.1) is 11.3 Å². The van der Waals surface area contributed by atoms with Gasteiger partial charge in [-0.1, -0.05) is 6.92 Å². The summed E-state index contributed by atoms with van der Waals surface area (Å²) < 4.78 is 16.0. The fourth-order valence-corrected chi connectivity index (χ4v) is 3.53. The van der Waals surface area contributed by atoms with Gasteiger partial charge < -0.3 is 9.55 Å². The van der Waals surface area contributed by atoms with Crippen molar-refractivity contribution in [1.82, 2.24) is 14.5 Å². The Morgan fingerprint density at radius 2 is 2.30 bits per heavy atom. The Kier molecular flexibility index (Phi) is 3.43. The number of aromatic amines is 1. The quantitative estimate of drug-likeness (QED) is 0.724. The number of thiazole rings is 1. The third kappa shape index (κ3) is 2.19. The molecule has 0 saturated heterocycles. The smallest absolute Gasteiger partial charge is 0.178 e. The van der Waals surface area contributed by atoms with E-state index < -0.39 is 0 Å². The van der Waals surface area contributed by atoms with E-state index in [1.54, 1.807) is 17.4 Å². The fourth-order valence-electron chi connectivity index (χ4n) is 2.27. The van der Waals surface area contributed by atoms with Crippen LogP contribution in [0.4, 0.5) is 4.39 Å². The molecule has 2 aromatic heterocycles. The van der Waals surface area contributed by atoms with Crippen molar-refractivity contribution < 1.29 is 4.39 Å². The van der Waals surface area contributed by atoms with E-state index in [1.165, 1.54) is 17.0 Å². The van der Waals surface area contributed by atoms with Gasteiger partial charge in [0.1, 0.15) is 10.8 Å². The molecular weight excluding hydrogens is 293 g/mol. The monoisotopic (exact) mass is 307 g/mol. The zero-order chi connectivity index (χ0) is 14.3. The van der Waals surface area contributed by atoms with Gasteiger partial charge in [0.05, 0.1) is 17.1 Å². The van der Waals surface area contributed by atoms with Gasteiger partial charge >= 0.3 is 0 Å². The summed E-state index contributed by atoms with van der Waals surface area (Å²) in [5.74, 6) is -0.263. The lowest BCUT2D eigenvalue weighted by Crippen LogP contribution is -2.06. The number of aryl methyl sites for hydroxylation is 1. The summed E-state index contributed by atoms with van der Waals surface area (Å²) in [6.45, 7) is 4.14. The first-order valence-electron chi connectivity index (χ1n) is 6.44. The first-order chi connectivity index (χ1) is 9.60. The number of H-pyrrole nitrogens is 1. The number of aromatic nitrogens is 3. The Morgan fingerprint density at radius 3 is 3.00 bits per heavy atom. The molecule has 0 bridgehead atoms. The van der Waals surface area contributed by atoms with E-state index in [0.29, 0.717) is 4.77 Å². The zero-order valence-electron chi connectivity index (χ0n) is 11.2. The number of hydrogen-bond donors (Lipinski definition) is 1. The maximum absolute atomic E-state index is 13.5. The Morgan fingerprint density at radius 1 is 1.50 bits per heavy atom. The number of fused-ring (bicyclic) bond motifs is 1. The van der Waals surface area contributed by atoms with Crippen molar-refractivity contribution in [2.24, 2.45) is 0 Å². The molecule has 3 nitrogen and oxygen atoms in total. The van der Waals surface area contributed by atoms with Crippen molar-refractivity contribution >= 4 is 34.6 Å². The van der Waals surface area contributed by atoms with Crippen LogP contribution in [-0.2, 0) is 6.42 Å². The number of nitrogens with one attached hydrogen (secondary N) is 1. The largest absolute Gasteiger partial charge is 0.331 e. The average molecular weight is 307 g/mol. The highest BCUT2D eigenvalue weighted by atomic mass is 32.1. The molecule has 20 heavy (non-hydrogen) atoms. The molecule has 0 aliphatic heterocycles. The normalized spacial score (nSPS) is 12.9. The zero-order valence-corrected chi connectivity index (χ0v) is 12.8. The molecule has 0 radical (unpaired) electrons. The number of imidazole rings is 1. The van der Waals surface area contributed by atoms with E-state index in [4.69, 9.17) is 12.2 Å². The van der Waals surface area contributed by atoms with Crippen LogP contribution in [0.15, 0.2) is 24.4 Å². The van der Waals surface area contributed by atoms with Crippen LogP contribution in [0.3, 0.4) is 0 Å². The summed E-state index contributed by atoms with van der Waals surface area (Å²) >= 11 is 7.04. The lowest BCUT2D eigenvalue weighted by molar-refractivity contribution is 0.621. The summed E-state index contributed by atoms with van der Waals surface area (Å²) in [5.41, 5.74) is 1.62. The van der Waals surface area contributed by atoms with Crippen molar-refractivity contribution in [2.45, 2.75) is 26.3 Å². The molecule has 0 aliphatic rings. The number of hydrogen-bond acceptors (Lipinski definition) is 3. The first-order valence-corrected chi connectivity index (χ1v) is 7.67. The van der Waals surface area contributed by atoms with E-state index in [1.807, 2.05) is 17.7 Å². The summed E-state index contributed by atoms with van der Waals surface area (Å²) in [4.78, 5) is 8.81. The topological polar surface area (TPSA) is 33.6 Å². The Hall–Kier alpha value is -1.53. The van der Waals surface area contributed by atoms with Crippen LogP contribution in [0.5, 0.6) is 0 Å². The van der Waals surface area contributed by atoms with Crippen molar-refractivity contribution in [3.8, 4) is 0 Å². The Balaban J connectivity index is 2.15. The van der Waals surface area contributed by atoms with Crippen molar-refractivity contribution in [3.05, 3.63) is 44.9 Å². The highest BCUT2D eigenvalue weighted by Gasteiger charge is 2.16. The van der Waals surface area contributed by atoms with Gasteiger partial charge in [-0.2, -0.15) is 0 Å². The van der Waals surface area contributed by atoms with Crippen molar-refractivity contribution in [3.63, 3.8) is 0 Å². The van der Waals surface area contributed by atoms with Gasteiger partial charge in [-0.05, 0) is 43.8 Å². The van der Waals surface area contributed by atoms with Crippen LogP contribution in [0.25, 0.3) is 11.0 Å². The molecule has 0 spiro atoms. The third-order valence-corrected chi connectivity index (χ3v) is 4.96. The van der Waals surface area contributed by atoms with Gasteiger partial charge in [0.15, 0.2) is 4.77 Å². The van der Waals surface area contributed by atoms with Crippen LogP contribution in [0, 0.1) is 10.6 Å². The number of halogens is 1. The summed E-state index contributed by atoms with van der Waals surface area (Å²) in [5, 5.41) is 0.989. The minimum atomic E-state index is -0.263. The molecule has 0 fully saturated rings. The SMILES string of the molecule is CCc1cnc(C(C)n2c(=S)[nH]c3ccc(F)cc32)s1. The molecule has 1 N–H and O–H groups in total. The average Bonchev–Trinajstić information content (AvgIpc) is 3.01. The predicted molar refractivity (Wildman–Crippen MR) is 82.4 cm³/mol. The molecule has 3 rings (SSSR count). The second kappa shape index (κ2) is 5.10. The third-order valence-electron chi connectivity index (χ3n) is 3.34. The van der Waals surface area contributed by atoms with Crippen LogP contribution < -0.4 is 0 Å². The highest BCUT2D eigenvalue weighted by molar-refractivity contribution is 7.71. The fraction of sp³-hybridized carbons (Fsp3) is 0.286. The molecule has 1 unspecified atom stereocenters. The van der Waals surface area contributed by atoms with Crippen molar-refractivity contribution in [1.29, 1.82) is 0 Å². The summed E-state index contributed by atoms with van der Waals surface area (Å²) in [6.07, 6.45) is 2.87. The molecular formula is C14H14FN3S2. The molecule has 0 amide bonds. The summed E-state index contributed by atoms with van der Waals surface area (Å²) in [7, 11) is 0. The Labute approximate surface area is 125 Å². The number of rotatable bonds is 3. The minimum absolute atomic E-state index is 0.0108. The second-order valence-corrected chi connectivity index (χ2v) is 6.19. The maximum Gasteiger partial charge on any atom is 0.178 e. The minimum Gasteiger partial charge on any atom is -0.331 e. The first kappa shape index (κ1) is 13.5. The van der Waals surface area contributed by atoms with Gasteiger partial charge in [0, 0.05) is 11.1 Å². The molecule has 6 heteroatoms. The second-order valence-electron chi connectivity index (χ2n) is 4.66. The molecule has 0 saturated carbocycles. The van der Waals surface area contributed by atoms with Gasteiger partial charge in [-0.3, -0.25) is 0 Å². The number of benzene rings is 1. The Bertz CT molecular complexity index is 815. The van der Waals surface area contributed by atoms with Crippen LogP contribution >= 0.6 is 23.6 Å². The van der Waals surface area contributed by atoms with Gasteiger partial charge in [-0.25, -0.2) is 9.37 Å². The van der Waals surface area contributed by atoms with Gasteiger partial charge in [0.25, 0.3) is 0 Å². The lowest BCUT2D eigenvalue weighted by Gasteiger charge is -2.11. The maximum atomic E-state index is 13.5. The van der Waals surface area contributed by atoms with Crippen LogP contribution in [0.2, 0.25) is 0 Å². The van der Waals surface area contributed by atoms with Crippen LogP contribution in [-0.4, -0.2) is 14.5 Å². The predicted octanol–water partition coefficient (Wildman–Crippen LogP) is 4.47. The lowest BCUT2D eigenvalue weighted by atomic mass is 10.3. The molecule has 3 aromatic rings. The van der Waals surface area contributed by atoms with E-state index in [2.05, 4.69) is 16.9 Å². The summed E-state index contributed by atoms with van der Waals surface area (Å²) in [6, 6.07) is 4.64. The van der Waals surface area contributed by atoms with Crippen LogP contribution in [0.1, 0.15) is 29.8 Å². The highest BCUT2D eigenvalue weighted by Crippen LogP contribution is 2.28. The van der Waals surface area contributed by atoms with E-state index in [0.717, 1.165) is 22.5 Å². The van der Waals surface area contributed by atoms with E-state index in [-0.39, 0.29) is 11.9 Å². The van der Waals surface area contributed by atoms with E-state index in [9.17, 15) is 4.39 Å². The van der Waals surface area contributed by atoms with Crippen molar-refractivity contribution in [2.75, 3.05) is 0 Å². The van der Waals surface area contributed by atoms with Gasteiger partial charge in [0.2, 0.25) is 0 Å². The van der Waals surface area contributed by atoms with E-state index >= 15 is 0 Å². The standard InChI is InChI=1S/C14H14FN3S2/c1-3-10-7-16-13(20-10)8(2)18-12-6-9(15)4-5-11(12)17-14(18)19/h4-8H,3H2,1-2H3,(H,17,19). The molecule has 1 atom stereocenters. The number of nitrogens with zero attached hydrogens (tertiary/aromatic N) is 2. The molecule has 0 aliphatic carbocycles.